The van der Waals surface area contributed by atoms with E-state index < -0.39 is 6.10 Å². The molecule has 0 saturated heterocycles. The first-order valence-corrected chi connectivity index (χ1v) is 4.46. The third-order valence-electron chi connectivity index (χ3n) is 2.06. The largest absolute Gasteiger partial charge is 0.497 e. The highest BCUT2D eigenvalue weighted by Crippen LogP contribution is 2.29. The van der Waals surface area contributed by atoms with Crippen LogP contribution in [0.1, 0.15) is 11.7 Å². The molecule has 4 heteroatoms. The van der Waals surface area contributed by atoms with Crippen LogP contribution in [0.15, 0.2) is 18.2 Å². The molecule has 15 heavy (non-hydrogen) atoms. The van der Waals surface area contributed by atoms with Crippen molar-refractivity contribution < 1.29 is 14.6 Å². The summed E-state index contributed by atoms with van der Waals surface area (Å²) in [6.07, 6.45) is -0.840. The maximum absolute atomic E-state index is 9.70. The highest BCUT2D eigenvalue weighted by Gasteiger charge is 2.16. The number of rotatable bonds is 4. The van der Waals surface area contributed by atoms with E-state index in [2.05, 4.69) is 4.85 Å². The first-order chi connectivity index (χ1) is 7.22. The van der Waals surface area contributed by atoms with Crippen LogP contribution in [0.3, 0.4) is 0 Å². The summed E-state index contributed by atoms with van der Waals surface area (Å²) in [4.78, 5) is 3.15. The Morgan fingerprint density at radius 2 is 2.13 bits per heavy atom. The fraction of sp³-hybridized carbons (Fsp3) is 0.364. The van der Waals surface area contributed by atoms with Gasteiger partial charge in [0, 0.05) is 5.56 Å². The van der Waals surface area contributed by atoms with Gasteiger partial charge in [-0.15, -0.1) is 0 Å². The van der Waals surface area contributed by atoms with Gasteiger partial charge in [-0.05, 0) is 18.2 Å². The average molecular weight is 207 g/mol. The Morgan fingerprint density at radius 1 is 1.40 bits per heavy atom. The van der Waals surface area contributed by atoms with Gasteiger partial charge in [0.05, 0.1) is 14.2 Å². The van der Waals surface area contributed by atoms with Gasteiger partial charge in [0.25, 0.3) is 0 Å². The molecular formula is C11H13NO3. The van der Waals surface area contributed by atoms with Crippen LogP contribution in [0.5, 0.6) is 11.5 Å². The molecular weight excluding hydrogens is 194 g/mol. The van der Waals surface area contributed by atoms with Crippen LogP contribution in [0.2, 0.25) is 0 Å². The van der Waals surface area contributed by atoms with Crippen molar-refractivity contribution in [3.63, 3.8) is 0 Å². The Morgan fingerprint density at radius 3 is 2.67 bits per heavy atom. The number of methoxy groups -OCH3 is 2. The van der Waals surface area contributed by atoms with Gasteiger partial charge in [0.1, 0.15) is 11.5 Å². The summed E-state index contributed by atoms with van der Waals surface area (Å²) in [5.41, 5.74) is 0.577. The van der Waals surface area contributed by atoms with E-state index in [1.54, 1.807) is 25.3 Å². The maximum Gasteiger partial charge on any atom is 0.244 e. The molecule has 0 spiro atoms. The topological polar surface area (TPSA) is 43.0 Å². The molecule has 1 rings (SSSR count). The molecule has 0 aliphatic rings. The van der Waals surface area contributed by atoms with Crippen LogP contribution in [0.4, 0.5) is 0 Å². The van der Waals surface area contributed by atoms with E-state index in [4.69, 9.17) is 16.0 Å². The number of hydrogen-bond acceptors (Lipinski definition) is 3. The van der Waals surface area contributed by atoms with Crippen LogP contribution in [0.25, 0.3) is 4.85 Å². The molecule has 4 nitrogen and oxygen atoms in total. The van der Waals surface area contributed by atoms with E-state index in [9.17, 15) is 5.11 Å². The quantitative estimate of drug-likeness (QED) is 0.763. The first kappa shape index (κ1) is 11.3. The van der Waals surface area contributed by atoms with Gasteiger partial charge in [0.15, 0.2) is 6.10 Å². The van der Waals surface area contributed by atoms with Crippen molar-refractivity contribution in [2.75, 3.05) is 20.8 Å². The third kappa shape index (κ3) is 2.61. The van der Waals surface area contributed by atoms with E-state index >= 15 is 0 Å². The van der Waals surface area contributed by atoms with Gasteiger partial charge in [0.2, 0.25) is 6.54 Å². The van der Waals surface area contributed by atoms with Crippen molar-refractivity contribution in [2.45, 2.75) is 6.10 Å². The number of aliphatic hydroxyl groups excluding tert-OH is 1. The molecule has 0 aliphatic heterocycles. The summed E-state index contributed by atoms with van der Waals surface area (Å²) in [7, 11) is 3.07. The summed E-state index contributed by atoms with van der Waals surface area (Å²) in [5, 5.41) is 9.70. The summed E-state index contributed by atoms with van der Waals surface area (Å²) in [5.74, 6) is 1.20. The van der Waals surface area contributed by atoms with E-state index in [0.29, 0.717) is 17.1 Å². The summed E-state index contributed by atoms with van der Waals surface area (Å²) >= 11 is 0. The molecule has 1 N–H and O–H groups in total. The number of ether oxygens (including phenoxy) is 2. The zero-order valence-electron chi connectivity index (χ0n) is 8.73. The predicted molar refractivity (Wildman–Crippen MR) is 56.0 cm³/mol. The average Bonchev–Trinajstić information content (AvgIpc) is 2.28. The Bertz CT molecular complexity index is 371. The molecule has 0 saturated carbocycles. The maximum atomic E-state index is 9.70. The minimum Gasteiger partial charge on any atom is -0.497 e. The first-order valence-electron chi connectivity index (χ1n) is 4.46. The predicted octanol–water partition coefficient (Wildman–Crippen LogP) is 1.66. The standard InChI is InChI=1S/C11H13NO3/c1-12-7-10(13)9-6-8(14-2)4-5-11(9)15-3/h4-6,10,13H,7H2,2-3H3. The van der Waals surface area contributed by atoms with E-state index in [1.807, 2.05) is 0 Å². The van der Waals surface area contributed by atoms with E-state index in [1.165, 1.54) is 7.11 Å². The SMILES string of the molecule is [C-]#[N+]CC(O)c1cc(OC)ccc1OC. The molecule has 0 heterocycles. The Balaban J connectivity index is 3.06. The second-order valence-electron chi connectivity index (χ2n) is 2.96. The van der Waals surface area contributed by atoms with Crippen molar-refractivity contribution in [2.24, 2.45) is 0 Å². The molecule has 1 aromatic rings. The molecule has 0 aliphatic carbocycles. The number of nitrogens with zero attached hydrogens (tertiary/aromatic N) is 1. The lowest BCUT2D eigenvalue weighted by molar-refractivity contribution is 0.190. The molecule has 80 valence electrons. The normalized spacial score (nSPS) is 11.6. The van der Waals surface area contributed by atoms with Crippen molar-refractivity contribution in [3.05, 3.63) is 35.2 Å². The molecule has 1 aromatic carbocycles. The monoisotopic (exact) mass is 207 g/mol. The fourth-order valence-electron chi connectivity index (χ4n) is 1.28. The summed E-state index contributed by atoms with van der Waals surface area (Å²) in [6.45, 7) is 6.72. The Labute approximate surface area is 88.9 Å². The highest BCUT2D eigenvalue weighted by atomic mass is 16.5. The van der Waals surface area contributed by atoms with Crippen LogP contribution in [-0.2, 0) is 0 Å². The van der Waals surface area contributed by atoms with Crippen molar-refractivity contribution in [1.82, 2.24) is 0 Å². The van der Waals surface area contributed by atoms with Crippen LogP contribution < -0.4 is 9.47 Å². The van der Waals surface area contributed by atoms with Crippen LogP contribution in [-0.4, -0.2) is 25.9 Å². The molecule has 1 unspecified atom stereocenters. The molecule has 0 fully saturated rings. The fourth-order valence-corrected chi connectivity index (χ4v) is 1.28. The third-order valence-corrected chi connectivity index (χ3v) is 2.06. The number of hydrogen-bond donors (Lipinski definition) is 1. The number of benzene rings is 1. The van der Waals surface area contributed by atoms with Gasteiger partial charge < -0.3 is 19.4 Å². The smallest absolute Gasteiger partial charge is 0.244 e. The highest BCUT2D eigenvalue weighted by molar-refractivity contribution is 5.41. The lowest BCUT2D eigenvalue weighted by atomic mass is 10.1. The van der Waals surface area contributed by atoms with Crippen LogP contribution in [0, 0.1) is 6.57 Å². The molecule has 0 radical (unpaired) electrons. The molecule has 0 amide bonds. The Kier molecular flexibility index (Phi) is 3.95. The van der Waals surface area contributed by atoms with Gasteiger partial charge in [-0.3, -0.25) is 0 Å². The van der Waals surface area contributed by atoms with Crippen molar-refractivity contribution >= 4 is 0 Å². The zero-order valence-corrected chi connectivity index (χ0v) is 8.73. The Hall–Kier alpha value is -1.73. The summed E-state index contributed by atoms with van der Waals surface area (Å²) in [6, 6.07) is 5.13. The van der Waals surface area contributed by atoms with E-state index in [0.717, 1.165) is 0 Å². The zero-order chi connectivity index (χ0) is 11.3. The molecule has 1 atom stereocenters. The second kappa shape index (κ2) is 5.23. The number of aliphatic hydroxyl groups is 1. The van der Waals surface area contributed by atoms with Gasteiger partial charge in [-0.2, -0.15) is 0 Å². The minimum atomic E-state index is -0.840. The van der Waals surface area contributed by atoms with Crippen LogP contribution >= 0.6 is 0 Å². The van der Waals surface area contributed by atoms with Gasteiger partial charge >= 0.3 is 0 Å². The van der Waals surface area contributed by atoms with Crippen molar-refractivity contribution in [3.8, 4) is 11.5 Å². The lowest BCUT2D eigenvalue weighted by Crippen LogP contribution is -2.03. The lowest BCUT2D eigenvalue weighted by Gasteiger charge is -2.12. The van der Waals surface area contributed by atoms with Gasteiger partial charge in [-0.25, -0.2) is 6.57 Å². The molecule has 0 bridgehead atoms. The van der Waals surface area contributed by atoms with Crippen molar-refractivity contribution in [1.29, 1.82) is 0 Å². The van der Waals surface area contributed by atoms with Gasteiger partial charge in [-0.1, -0.05) is 0 Å². The summed E-state index contributed by atoms with van der Waals surface area (Å²) < 4.78 is 10.1. The minimum absolute atomic E-state index is 0.0174. The second-order valence-corrected chi connectivity index (χ2v) is 2.96. The van der Waals surface area contributed by atoms with E-state index in [-0.39, 0.29) is 6.54 Å². The molecule has 0 aromatic heterocycles.